The molecular formula is C38H24. The monoisotopic (exact) mass is 480 g/mol. The molecule has 0 saturated carbocycles. The Bertz CT molecular complexity index is 2110. The highest BCUT2D eigenvalue weighted by Crippen LogP contribution is 2.44. The first kappa shape index (κ1) is 21.2. The highest BCUT2D eigenvalue weighted by Gasteiger charge is 2.17. The maximum atomic E-state index is 2.42. The zero-order valence-electron chi connectivity index (χ0n) is 20.9. The molecule has 38 heavy (non-hydrogen) atoms. The minimum Gasteiger partial charge on any atom is -0.0622 e. The van der Waals surface area contributed by atoms with Crippen molar-refractivity contribution in [2.75, 3.05) is 0 Å². The molecule has 8 rings (SSSR count). The fraction of sp³-hybridized carbons (Fsp3) is 0. The quantitative estimate of drug-likeness (QED) is 0.170. The van der Waals surface area contributed by atoms with Crippen LogP contribution in [0.4, 0.5) is 0 Å². The van der Waals surface area contributed by atoms with Crippen LogP contribution < -0.4 is 0 Å². The minimum absolute atomic E-state index is 1.25. The van der Waals surface area contributed by atoms with Crippen LogP contribution in [0.5, 0.6) is 0 Å². The summed E-state index contributed by atoms with van der Waals surface area (Å²) < 4.78 is 0. The van der Waals surface area contributed by atoms with Gasteiger partial charge in [0.05, 0.1) is 0 Å². The molecule has 176 valence electrons. The largest absolute Gasteiger partial charge is 0.0622 e. The fourth-order valence-corrected chi connectivity index (χ4v) is 6.34. The van der Waals surface area contributed by atoms with Crippen molar-refractivity contribution in [3.05, 3.63) is 146 Å². The summed E-state index contributed by atoms with van der Waals surface area (Å²) >= 11 is 0. The average Bonchev–Trinajstić information content (AvgIpc) is 2.99. The van der Waals surface area contributed by atoms with Gasteiger partial charge in [0.2, 0.25) is 0 Å². The standard InChI is InChI=1S/C38H24/c1-2-11-27(12-3-1)37-31-14-6-8-16-33(31)38(34-17-9-7-15-32(34)37)29-23-20-26-19-22-28-21-18-25-10-4-5-13-30(25)36(28)35(26)24-29/h1-24H. The van der Waals surface area contributed by atoms with Gasteiger partial charge in [0, 0.05) is 0 Å². The van der Waals surface area contributed by atoms with E-state index in [1.165, 1.54) is 76.1 Å². The van der Waals surface area contributed by atoms with Crippen molar-refractivity contribution in [3.8, 4) is 22.3 Å². The molecule has 0 N–H and O–H groups in total. The van der Waals surface area contributed by atoms with E-state index in [-0.39, 0.29) is 0 Å². The summed E-state index contributed by atoms with van der Waals surface area (Å²) in [6.45, 7) is 0. The molecule has 0 radical (unpaired) electrons. The molecule has 0 aliphatic carbocycles. The van der Waals surface area contributed by atoms with E-state index < -0.39 is 0 Å². The summed E-state index contributed by atoms with van der Waals surface area (Å²) in [7, 11) is 0. The van der Waals surface area contributed by atoms with E-state index in [1.54, 1.807) is 0 Å². The molecule has 8 aromatic carbocycles. The molecule has 0 spiro atoms. The summed E-state index contributed by atoms with van der Waals surface area (Å²) in [5.41, 5.74) is 5.11. The predicted octanol–water partition coefficient (Wildman–Crippen LogP) is 10.8. The molecule has 0 saturated heterocycles. The zero-order chi connectivity index (χ0) is 25.1. The normalized spacial score (nSPS) is 11.7. The second-order valence-corrected chi connectivity index (χ2v) is 10.1. The summed E-state index contributed by atoms with van der Waals surface area (Å²) in [6, 6.07) is 53.3. The Labute approximate surface area is 221 Å². The Morgan fingerprint density at radius 1 is 0.263 bits per heavy atom. The molecule has 0 fully saturated rings. The molecule has 0 heteroatoms. The zero-order valence-corrected chi connectivity index (χ0v) is 20.9. The van der Waals surface area contributed by atoms with Gasteiger partial charge in [-0.15, -0.1) is 0 Å². The molecular weight excluding hydrogens is 456 g/mol. The Hall–Kier alpha value is -4.94. The topological polar surface area (TPSA) is 0 Å². The first-order chi connectivity index (χ1) is 18.9. The number of benzene rings is 8. The molecule has 0 atom stereocenters. The second kappa shape index (κ2) is 8.30. The number of hydrogen-bond acceptors (Lipinski definition) is 0. The van der Waals surface area contributed by atoms with Crippen molar-refractivity contribution >= 4 is 53.9 Å². The number of hydrogen-bond donors (Lipinski definition) is 0. The van der Waals surface area contributed by atoms with Crippen LogP contribution in [0, 0.1) is 0 Å². The van der Waals surface area contributed by atoms with Crippen molar-refractivity contribution in [2.24, 2.45) is 0 Å². The van der Waals surface area contributed by atoms with Gasteiger partial charge >= 0.3 is 0 Å². The molecule has 0 unspecified atom stereocenters. The summed E-state index contributed by atoms with van der Waals surface area (Å²) in [4.78, 5) is 0. The van der Waals surface area contributed by atoms with Crippen molar-refractivity contribution < 1.29 is 0 Å². The van der Waals surface area contributed by atoms with Crippen LogP contribution in [0.2, 0.25) is 0 Å². The molecule has 0 aliphatic rings. The number of fused-ring (bicyclic) bond motifs is 7. The molecule has 0 nitrogen and oxygen atoms in total. The third kappa shape index (κ3) is 3.11. The third-order valence-electron chi connectivity index (χ3n) is 8.01. The molecule has 8 aromatic rings. The van der Waals surface area contributed by atoms with Crippen LogP contribution >= 0.6 is 0 Å². The van der Waals surface area contributed by atoms with E-state index in [4.69, 9.17) is 0 Å². The van der Waals surface area contributed by atoms with Gasteiger partial charge in [-0.25, -0.2) is 0 Å². The van der Waals surface area contributed by atoms with Crippen LogP contribution in [0.3, 0.4) is 0 Å². The van der Waals surface area contributed by atoms with E-state index in [1.807, 2.05) is 0 Å². The Morgan fingerprint density at radius 3 is 1.34 bits per heavy atom. The first-order valence-electron chi connectivity index (χ1n) is 13.2. The molecule has 0 bridgehead atoms. The van der Waals surface area contributed by atoms with Gasteiger partial charge in [-0.05, 0) is 82.2 Å². The van der Waals surface area contributed by atoms with E-state index >= 15 is 0 Å². The highest BCUT2D eigenvalue weighted by atomic mass is 14.2. The lowest BCUT2D eigenvalue weighted by Crippen LogP contribution is -1.91. The fourth-order valence-electron chi connectivity index (χ4n) is 6.34. The maximum Gasteiger partial charge on any atom is -0.00261 e. The first-order valence-corrected chi connectivity index (χ1v) is 13.2. The third-order valence-corrected chi connectivity index (χ3v) is 8.01. The highest BCUT2D eigenvalue weighted by molar-refractivity contribution is 6.24. The van der Waals surface area contributed by atoms with Gasteiger partial charge in [-0.3, -0.25) is 0 Å². The van der Waals surface area contributed by atoms with Crippen molar-refractivity contribution in [3.63, 3.8) is 0 Å². The summed E-state index contributed by atoms with van der Waals surface area (Å²) in [5, 5.41) is 12.9. The van der Waals surface area contributed by atoms with E-state index in [9.17, 15) is 0 Å². The Morgan fingerprint density at radius 2 is 0.711 bits per heavy atom. The SMILES string of the molecule is c1ccc(-c2c3ccccc3c(-c3ccc4ccc5ccc6ccccc6c5c4c3)c3ccccc23)cc1. The lowest BCUT2D eigenvalue weighted by molar-refractivity contribution is 1.66. The lowest BCUT2D eigenvalue weighted by atomic mass is 9.85. The lowest BCUT2D eigenvalue weighted by Gasteiger charge is -2.18. The van der Waals surface area contributed by atoms with Crippen molar-refractivity contribution in [1.29, 1.82) is 0 Å². The van der Waals surface area contributed by atoms with E-state index in [2.05, 4.69) is 146 Å². The minimum atomic E-state index is 1.25. The van der Waals surface area contributed by atoms with Gasteiger partial charge in [-0.2, -0.15) is 0 Å². The van der Waals surface area contributed by atoms with Gasteiger partial charge in [0.1, 0.15) is 0 Å². The summed E-state index contributed by atoms with van der Waals surface area (Å²) in [6.07, 6.45) is 0. The van der Waals surface area contributed by atoms with Gasteiger partial charge in [-0.1, -0.05) is 140 Å². The smallest absolute Gasteiger partial charge is 0.00261 e. The number of rotatable bonds is 2. The average molecular weight is 481 g/mol. The van der Waals surface area contributed by atoms with Gasteiger partial charge in [0.15, 0.2) is 0 Å². The van der Waals surface area contributed by atoms with Crippen LogP contribution in [0.1, 0.15) is 0 Å². The van der Waals surface area contributed by atoms with Gasteiger partial charge in [0.25, 0.3) is 0 Å². The molecule has 0 heterocycles. The van der Waals surface area contributed by atoms with Crippen molar-refractivity contribution in [2.45, 2.75) is 0 Å². The molecule has 0 amide bonds. The van der Waals surface area contributed by atoms with Crippen LogP contribution in [0.25, 0.3) is 76.1 Å². The summed E-state index contributed by atoms with van der Waals surface area (Å²) in [5.74, 6) is 0. The van der Waals surface area contributed by atoms with E-state index in [0.717, 1.165) is 0 Å². The maximum absolute atomic E-state index is 2.42. The van der Waals surface area contributed by atoms with Crippen LogP contribution in [-0.4, -0.2) is 0 Å². The Kier molecular flexibility index (Phi) is 4.62. The van der Waals surface area contributed by atoms with Crippen LogP contribution in [-0.2, 0) is 0 Å². The van der Waals surface area contributed by atoms with Gasteiger partial charge < -0.3 is 0 Å². The van der Waals surface area contributed by atoms with Crippen LogP contribution in [0.15, 0.2) is 146 Å². The Balaban J connectivity index is 1.52. The molecule has 0 aromatic heterocycles. The predicted molar refractivity (Wildman–Crippen MR) is 165 cm³/mol. The molecule has 0 aliphatic heterocycles. The van der Waals surface area contributed by atoms with Crippen molar-refractivity contribution in [1.82, 2.24) is 0 Å². The second-order valence-electron chi connectivity index (χ2n) is 10.1. The van der Waals surface area contributed by atoms with E-state index in [0.29, 0.717) is 0 Å².